The molecule has 1 N–H and O–H groups in total. The summed E-state index contributed by atoms with van der Waals surface area (Å²) in [5, 5.41) is 1.70. The van der Waals surface area contributed by atoms with Gasteiger partial charge in [-0.15, -0.1) is 11.3 Å². The molecular weight excluding hydrogens is 312 g/mol. The van der Waals surface area contributed by atoms with Gasteiger partial charge in [0.15, 0.2) is 0 Å². The minimum atomic E-state index is -3.46. The summed E-state index contributed by atoms with van der Waals surface area (Å²) in [6, 6.07) is 3.21. The number of thiocarbonyl (C=S) groups is 1. The molecule has 1 amide bonds. The first-order valence-corrected chi connectivity index (χ1v) is 8.77. The van der Waals surface area contributed by atoms with Crippen molar-refractivity contribution in [2.75, 3.05) is 18.8 Å². The Hall–Kier alpha value is -0.480. The third kappa shape index (κ3) is 3.09. The van der Waals surface area contributed by atoms with Crippen molar-refractivity contribution in [2.24, 2.45) is 0 Å². The number of carbonyl (C=O) groups excluding carboxylic acids is 1. The van der Waals surface area contributed by atoms with Crippen molar-refractivity contribution in [3.05, 3.63) is 17.5 Å². The van der Waals surface area contributed by atoms with Crippen LogP contribution in [0.1, 0.15) is 0 Å². The fourth-order valence-electron chi connectivity index (χ4n) is 1.38. The van der Waals surface area contributed by atoms with E-state index in [1.54, 1.807) is 11.4 Å². The monoisotopic (exact) mass is 322 g/mol. The Labute approximate surface area is 119 Å². The topological polar surface area (TPSA) is 66.5 Å². The maximum absolute atomic E-state index is 11.8. The highest BCUT2D eigenvalue weighted by Gasteiger charge is 2.26. The van der Waals surface area contributed by atoms with Crippen LogP contribution in [-0.2, 0) is 14.8 Å². The number of thioether (sulfide) groups is 1. The predicted molar refractivity (Wildman–Crippen MR) is 76.3 cm³/mol. The van der Waals surface area contributed by atoms with Crippen molar-refractivity contribution >= 4 is 55.6 Å². The van der Waals surface area contributed by atoms with Crippen LogP contribution in [0.5, 0.6) is 0 Å². The quantitative estimate of drug-likeness (QED) is 0.816. The van der Waals surface area contributed by atoms with Gasteiger partial charge in [0, 0.05) is 13.1 Å². The zero-order chi connectivity index (χ0) is 13.2. The first-order chi connectivity index (χ1) is 8.50. The zero-order valence-electron chi connectivity index (χ0n) is 9.16. The molecule has 2 heterocycles. The molecule has 1 aliphatic rings. The van der Waals surface area contributed by atoms with E-state index in [1.165, 1.54) is 22.7 Å². The summed E-state index contributed by atoms with van der Waals surface area (Å²) in [6.07, 6.45) is 0. The molecule has 0 aromatic carbocycles. The van der Waals surface area contributed by atoms with Gasteiger partial charge in [0.25, 0.3) is 0 Å². The lowest BCUT2D eigenvalue weighted by Crippen LogP contribution is -2.37. The highest BCUT2D eigenvalue weighted by Crippen LogP contribution is 2.19. The Balaban J connectivity index is 1.89. The van der Waals surface area contributed by atoms with Gasteiger partial charge in [-0.3, -0.25) is 9.69 Å². The normalized spacial score (nSPS) is 16.6. The highest BCUT2D eigenvalue weighted by atomic mass is 32.2. The minimum absolute atomic E-state index is 0.0691. The summed E-state index contributed by atoms with van der Waals surface area (Å²) in [4.78, 5) is 12.8. The van der Waals surface area contributed by atoms with E-state index in [2.05, 4.69) is 4.72 Å². The fraction of sp³-hybridized carbons (Fsp3) is 0.333. The number of hydrogen-bond donors (Lipinski definition) is 1. The second kappa shape index (κ2) is 5.66. The van der Waals surface area contributed by atoms with Gasteiger partial charge in [-0.1, -0.05) is 30.0 Å². The number of sulfonamides is 1. The molecule has 98 valence electrons. The van der Waals surface area contributed by atoms with Gasteiger partial charge in [0.1, 0.15) is 8.53 Å². The number of hydrogen-bond acceptors (Lipinski definition) is 6. The fourth-order valence-corrected chi connectivity index (χ4v) is 4.56. The van der Waals surface area contributed by atoms with Crippen LogP contribution in [0, 0.1) is 0 Å². The third-order valence-corrected chi connectivity index (χ3v) is 6.52. The summed E-state index contributed by atoms with van der Waals surface area (Å²) in [7, 11) is -3.46. The molecule has 0 saturated carbocycles. The lowest BCUT2D eigenvalue weighted by Gasteiger charge is -2.14. The molecule has 9 heteroatoms. The van der Waals surface area contributed by atoms with Crippen LogP contribution in [0.3, 0.4) is 0 Å². The number of carbonyl (C=O) groups is 1. The summed E-state index contributed by atoms with van der Waals surface area (Å²) < 4.78 is 26.8. The predicted octanol–water partition coefficient (Wildman–Crippen LogP) is 0.887. The molecule has 2 rings (SSSR count). The maximum atomic E-state index is 11.8. The Bertz CT molecular complexity index is 536. The summed E-state index contributed by atoms with van der Waals surface area (Å²) in [6.45, 7) is 0.432. The molecule has 0 spiro atoms. The van der Waals surface area contributed by atoms with Crippen molar-refractivity contribution in [1.29, 1.82) is 0 Å². The van der Waals surface area contributed by atoms with E-state index in [0.29, 0.717) is 10.1 Å². The van der Waals surface area contributed by atoms with E-state index >= 15 is 0 Å². The molecule has 5 nitrogen and oxygen atoms in total. The molecular formula is C9H10N2O3S4. The van der Waals surface area contributed by atoms with E-state index in [1.807, 2.05) is 0 Å². The average Bonchev–Trinajstić information content (AvgIpc) is 2.93. The van der Waals surface area contributed by atoms with Crippen molar-refractivity contribution < 1.29 is 13.2 Å². The maximum Gasteiger partial charge on any atom is 0.250 e. The van der Waals surface area contributed by atoms with Crippen LogP contribution >= 0.6 is 35.3 Å². The molecule has 0 bridgehead atoms. The average molecular weight is 322 g/mol. The third-order valence-electron chi connectivity index (χ3n) is 2.23. The second-order valence-corrected chi connectivity index (χ2v) is 7.98. The van der Waals surface area contributed by atoms with E-state index in [9.17, 15) is 13.2 Å². The molecule has 0 unspecified atom stereocenters. The van der Waals surface area contributed by atoms with Gasteiger partial charge >= 0.3 is 0 Å². The molecule has 0 aliphatic carbocycles. The second-order valence-electron chi connectivity index (χ2n) is 3.43. The molecule has 0 radical (unpaired) electrons. The standard InChI is InChI=1S/C9H10N2O3S4/c12-7-6-17-9(15)11(7)4-3-10-18(13,14)8-2-1-5-16-8/h1-2,5,10H,3-4,6H2. The lowest BCUT2D eigenvalue weighted by molar-refractivity contribution is -0.123. The van der Waals surface area contributed by atoms with Gasteiger partial charge in [-0.05, 0) is 11.4 Å². The van der Waals surface area contributed by atoms with Gasteiger partial charge in [0.2, 0.25) is 15.9 Å². The number of nitrogens with zero attached hydrogens (tertiary/aromatic N) is 1. The van der Waals surface area contributed by atoms with E-state index in [-0.39, 0.29) is 23.2 Å². The van der Waals surface area contributed by atoms with Crippen LogP contribution in [0.2, 0.25) is 0 Å². The van der Waals surface area contributed by atoms with Crippen LogP contribution in [-0.4, -0.2) is 42.4 Å². The first kappa shape index (κ1) is 13.9. The van der Waals surface area contributed by atoms with Crippen LogP contribution in [0.4, 0.5) is 0 Å². The smallest absolute Gasteiger partial charge is 0.250 e. The molecule has 1 aromatic rings. The van der Waals surface area contributed by atoms with Crippen molar-refractivity contribution in [2.45, 2.75) is 4.21 Å². The Morgan fingerprint density at radius 1 is 1.50 bits per heavy atom. The van der Waals surface area contributed by atoms with Crippen LogP contribution < -0.4 is 4.72 Å². The van der Waals surface area contributed by atoms with E-state index in [4.69, 9.17) is 12.2 Å². The first-order valence-electron chi connectivity index (χ1n) is 5.01. The largest absolute Gasteiger partial charge is 0.296 e. The molecule has 1 saturated heterocycles. The van der Waals surface area contributed by atoms with Gasteiger partial charge in [0.05, 0.1) is 5.75 Å². The highest BCUT2D eigenvalue weighted by molar-refractivity contribution is 8.23. The van der Waals surface area contributed by atoms with Gasteiger partial charge < -0.3 is 0 Å². The van der Waals surface area contributed by atoms with E-state index in [0.717, 1.165) is 11.3 Å². The van der Waals surface area contributed by atoms with Gasteiger partial charge in [-0.2, -0.15) is 0 Å². The zero-order valence-corrected chi connectivity index (χ0v) is 12.4. The Kier molecular flexibility index (Phi) is 4.38. The summed E-state index contributed by atoms with van der Waals surface area (Å²) in [5.74, 6) is 0.275. The minimum Gasteiger partial charge on any atom is -0.296 e. The molecule has 1 aliphatic heterocycles. The number of thiophene rings is 1. The summed E-state index contributed by atoms with van der Waals surface area (Å²) in [5.41, 5.74) is 0. The Morgan fingerprint density at radius 2 is 2.28 bits per heavy atom. The van der Waals surface area contributed by atoms with Crippen molar-refractivity contribution in [1.82, 2.24) is 9.62 Å². The number of amides is 1. The van der Waals surface area contributed by atoms with Crippen molar-refractivity contribution in [3.63, 3.8) is 0 Å². The molecule has 1 aromatic heterocycles. The molecule has 18 heavy (non-hydrogen) atoms. The van der Waals surface area contributed by atoms with Gasteiger partial charge in [-0.25, -0.2) is 13.1 Å². The van der Waals surface area contributed by atoms with Crippen LogP contribution in [0.25, 0.3) is 0 Å². The van der Waals surface area contributed by atoms with Crippen molar-refractivity contribution in [3.8, 4) is 0 Å². The van der Waals surface area contributed by atoms with E-state index < -0.39 is 10.0 Å². The van der Waals surface area contributed by atoms with Crippen LogP contribution in [0.15, 0.2) is 21.7 Å². The molecule has 1 fully saturated rings. The SMILES string of the molecule is O=C1CSC(=S)N1CCNS(=O)(=O)c1cccs1. The lowest BCUT2D eigenvalue weighted by atomic mass is 10.5. The Morgan fingerprint density at radius 3 is 2.83 bits per heavy atom. The number of nitrogens with one attached hydrogen (secondary N) is 1. The summed E-state index contributed by atoms with van der Waals surface area (Å²) >= 11 is 7.45. The number of rotatable bonds is 5. The molecule has 0 atom stereocenters.